The van der Waals surface area contributed by atoms with E-state index in [-0.39, 0.29) is 17.7 Å². The van der Waals surface area contributed by atoms with Crippen LogP contribution in [0, 0.1) is 0 Å². The lowest BCUT2D eigenvalue weighted by Crippen LogP contribution is -2.45. The summed E-state index contributed by atoms with van der Waals surface area (Å²) in [6.45, 7) is 10.3. The summed E-state index contributed by atoms with van der Waals surface area (Å²) < 4.78 is 10.8. The molecular formula is C14H25NO3. The molecule has 18 heavy (non-hydrogen) atoms. The van der Waals surface area contributed by atoms with E-state index in [1.165, 1.54) is 0 Å². The van der Waals surface area contributed by atoms with Crippen molar-refractivity contribution in [3.63, 3.8) is 0 Å². The number of hydrogen-bond acceptors (Lipinski definition) is 3. The lowest BCUT2D eigenvalue weighted by molar-refractivity contribution is 0.0101. The van der Waals surface area contributed by atoms with Crippen molar-refractivity contribution in [2.75, 3.05) is 13.7 Å². The molecule has 4 heteroatoms. The van der Waals surface area contributed by atoms with Crippen LogP contribution in [-0.2, 0) is 9.47 Å². The van der Waals surface area contributed by atoms with Gasteiger partial charge in [0.15, 0.2) is 0 Å². The topological polar surface area (TPSA) is 38.8 Å². The summed E-state index contributed by atoms with van der Waals surface area (Å²) in [5.74, 6) is 0. The maximum atomic E-state index is 12.0. The highest BCUT2D eigenvalue weighted by atomic mass is 16.6. The van der Waals surface area contributed by atoms with Crippen molar-refractivity contribution < 1.29 is 14.3 Å². The van der Waals surface area contributed by atoms with Crippen LogP contribution in [0.3, 0.4) is 0 Å². The molecule has 1 atom stereocenters. The number of rotatable bonds is 1. The van der Waals surface area contributed by atoms with Crippen LogP contribution in [0.15, 0.2) is 12.2 Å². The molecule has 0 saturated carbocycles. The quantitative estimate of drug-likeness (QED) is 0.676. The second kappa shape index (κ2) is 5.31. The van der Waals surface area contributed by atoms with E-state index in [0.717, 1.165) is 6.42 Å². The molecule has 1 spiro atoms. The largest absolute Gasteiger partial charge is 0.444 e. The van der Waals surface area contributed by atoms with Gasteiger partial charge < -0.3 is 9.47 Å². The van der Waals surface area contributed by atoms with Crippen LogP contribution in [-0.4, -0.2) is 41.9 Å². The number of hydrogen-bond donors (Lipinski definition) is 0. The van der Waals surface area contributed by atoms with Crippen molar-refractivity contribution in [3.8, 4) is 0 Å². The van der Waals surface area contributed by atoms with Gasteiger partial charge in [0.25, 0.3) is 0 Å². The average Bonchev–Trinajstić information content (AvgIpc) is 2.94. The van der Waals surface area contributed by atoms with Gasteiger partial charge >= 0.3 is 6.09 Å². The molecule has 0 bridgehead atoms. The van der Waals surface area contributed by atoms with Crippen LogP contribution >= 0.6 is 0 Å². The number of likely N-dealkylation sites (tertiary alicyclic amines) is 1. The number of amides is 1. The van der Waals surface area contributed by atoms with Crippen molar-refractivity contribution >= 4 is 6.09 Å². The van der Waals surface area contributed by atoms with Crippen molar-refractivity contribution in [3.05, 3.63) is 12.2 Å². The SMILES string of the molecule is CC.COC1CCN(C(=O)OC(C)(C)C)C12C=C2. The molecule has 4 nitrogen and oxygen atoms in total. The van der Waals surface area contributed by atoms with Gasteiger partial charge in [-0.25, -0.2) is 4.79 Å². The van der Waals surface area contributed by atoms with Crippen LogP contribution in [0.4, 0.5) is 4.79 Å². The molecule has 0 aromatic rings. The van der Waals surface area contributed by atoms with Crippen molar-refractivity contribution in [2.45, 2.75) is 58.3 Å². The third-order valence-electron chi connectivity index (χ3n) is 3.00. The summed E-state index contributed by atoms with van der Waals surface area (Å²) >= 11 is 0. The number of nitrogens with zero attached hydrogens (tertiary/aromatic N) is 1. The third kappa shape index (κ3) is 2.86. The molecule has 1 unspecified atom stereocenters. The van der Waals surface area contributed by atoms with Crippen molar-refractivity contribution in [1.82, 2.24) is 4.90 Å². The lowest BCUT2D eigenvalue weighted by atomic mass is 10.1. The van der Waals surface area contributed by atoms with Gasteiger partial charge in [-0.2, -0.15) is 0 Å². The molecule has 104 valence electrons. The van der Waals surface area contributed by atoms with Gasteiger partial charge in [0.2, 0.25) is 0 Å². The lowest BCUT2D eigenvalue weighted by Gasteiger charge is -2.30. The Hall–Kier alpha value is -1.03. The zero-order chi connectivity index (χ0) is 14.0. The van der Waals surface area contributed by atoms with E-state index in [9.17, 15) is 4.79 Å². The van der Waals surface area contributed by atoms with Gasteiger partial charge in [0.1, 0.15) is 11.1 Å². The van der Waals surface area contributed by atoms with Crippen LogP contribution in [0.2, 0.25) is 0 Å². The van der Waals surface area contributed by atoms with Crippen LogP contribution < -0.4 is 0 Å². The average molecular weight is 255 g/mol. The van der Waals surface area contributed by atoms with E-state index in [0.29, 0.717) is 6.54 Å². The Bertz CT molecular complexity index is 324. The van der Waals surface area contributed by atoms with E-state index >= 15 is 0 Å². The molecule has 0 aromatic heterocycles. The normalized spacial score (nSPS) is 23.7. The second-order valence-corrected chi connectivity index (χ2v) is 5.37. The molecule has 1 aliphatic carbocycles. The van der Waals surface area contributed by atoms with Gasteiger partial charge in [-0.15, -0.1) is 0 Å². The standard InChI is InChI=1S/C12H19NO3.C2H6/c1-11(2,3)16-10(14)13-8-5-9(15-4)12(13)6-7-12;1-2/h6-7,9H,5,8H2,1-4H3;1-2H3. The first-order valence-electron chi connectivity index (χ1n) is 6.63. The molecule has 1 saturated heterocycles. The first-order chi connectivity index (χ1) is 8.39. The van der Waals surface area contributed by atoms with Crippen molar-refractivity contribution in [2.24, 2.45) is 0 Å². The summed E-state index contributed by atoms with van der Waals surface area (Å²) in [6, 6.07) is 0. The number of ether oxygens (including phenoxy) is 2. The maximum Gasteiger partial charge on any atom is 0.411 e. The molecule has 0 N–H and O–H groups in total. The molecular weight excluding hydrogens is 230 g/mol. The molecule has 0 radical (unpaired) electrons. The summed E-state index contributed by atoms with van der Waals surface area (Å²) in [5.41, 5.74) is -0.741. The molecule has 0 aromatic carbocycles. The number of methoxy groups -OCH3 is 1. The van der Waals surface area contributed by atoms with Crippen molar-refractivity contribution in [1.29, 1.82) is 0 Å². The predicted octanol–water partition coefficient (Wildman–Crippen LogP) is 2.98. The summed E-state index contributed by atoms with van der Waals surface area (Å²) in [6.07, 6.45) is 4.72. The predicted molar refractivity (Wildman–Crippen MR) is 71.6 cm³/mol. The van der Waals surface area contributed by atoms with Gasteiger partial charge in [-0.3, -0.25) is 4.90 Å². The fourth-order valence-corrected chi connectivity index (χ4v) is 2.20. The van der Waals surface area contributed by atoms with E-state index in [1.54, 1.807) is 12.0 Å². The maximum absolute atomic E-state index is 12.0. The van der Waals surface area contributed by atoms with Gasteiger partial charge in [0, 0.05) is 13.7 Å². The Morgan fingerprint density at radius 1 is 1.33 bits per heavy atom. The Balaban J connectivity index is 0.000000771. The third-order valence-corrected chi connectivity index (χ3v) is 3.00. The number of carbonyl (C=O) groups excluding carboxylic acids is 1. The van der Waals surface area contributed by atoms with Gasteiger partial charge in [-0.05, 0) is 27.2 Å². The second-order valence-electron chi connectivity index (χ2n) is 5.37. The monoisotopic (exact) mass is 255 g/mol. The van der Waals surface area contributed by atoms with Crippen LogP contribution in [0.25, 0.3) is 0 Å². The molecule has 1 heterocycles. The summed E-state index contributed by atoms with van der Waals surface area (Å²) in [5, 5.41) is 0. The Morgan fingerprint density at radius 3 is 2.28 bits per heavy atom. The van der Waals surface area contributed by atoms with E-state index in [2.05, 4.69) is 0 Å². The first-order valence-corrected chi connectivity index (χ1v) is 6.63. The van der Waals surface area contributed by atoms with Gasteiger partial charge in [-0.1, -0.05) is 26.0 Å². The molecule has 2 aliphatic rings. The Morgan fingerprint density at radius 2 is 1.89 bits per heavy atom. The Kier molecular flexibility index (Phi) is 4.43. The van der Waals surface area contributed by atoms with E-state index < -0.39 is 5.60 Å². The summed E-state index contributed by atoms with van der Waals surface area (Å²) in [7, 11) is 1.69. The minimum absolute atomic E-state index is 0.0834. The minimum Gasteiger partial charge on any atom is -0.444 e. The smallest absolute Gasteiger partial charge is 0.411 e. The number of carbonyl (C=O) groups is 1. The zero-order valence-corrected chi connectivity index (χ0v) is 12.3. The van der Waals surface area contributed by atoms with E-state index in [4.69, 9.17) is 9.47 Å². The summed E-state index contributed by atoms with van der Waals surface area (Å²) in [4.78, 5) is 13.7. The highest BCUT2D eigenvalue weighted by Gasteiger charge is 2.55. The highest BCUT2D eigenvalue weighted by Crippen LogP contribution is 2.43. The Labute approximate surface area is 110 Å². The highest BCUT2D eigenvalue weighted by molar-refractivity contribution is 5.73. The first kappa shape index (κ1) is 15.0. The van der Waals surface area contributed by atoms with Crippen LogP contribution in [0.1, 0.15) is 41.0 Å². The van der Waals surface area contributed by atoms with Gasteiger partial charge in [0.05, 0.1) is 6.10 Å². The fraction of sp³-hybridized carbons (Fsp3) is 0.786. The molecule has 1 aliphatic heterocycles. The molecule has 2 rings (SSSR count). The molecule has 1 fully saturated rings. The minimum atomic E-state index is -0.446. The molecule has 1 amide bonds. The zero-order valence-electron chi connectivity index (χ0n) is 12.3. The van der Waals surface area contributed by atoms with E-state index in [1.807, 2.05) is 46.8 Å². The fourth-order valence-electron chi connectivity index (χ4n) is 2.20. The van der Waals surface area contributed by atoms with Crippen LogP contribution in [0.5, 0.6) is 0 Å².